The van der Waals surface area contributed by atoms with Crippen molar-refractivity contribution in [3.8, 4) is 17.6 Å². The molecule has 0 heterocycles. The number of nitro benzene ring substituents is 1. The summed E-state index contributed by atoms with van der Waals surface area (Å²) in [4.78, 5) is 33.1. The van der Waals surface area contributed by atoms with Gasteiger partial charge in [-0.3, -0.25) is 19.7 Å². The van der Waals surface area contributed by atoms with Crippen LogP contribution in [0.3, 0.4) is 0 Å². The smallest absolute Gasteiger partial charge is 0.270 e. The van der Waals surface area contributed by atoms with Crippen LogP contribution in [0.4, 0.5) is 11.4 Å². The second-order valence-corrected chi connectivity index (χ2v) is 5.34. The standard InChI is InChI=1S/C19H17N3O5/c1-14(23)21-16-7-5-9-18(13-16)27-11-3-2-10-20-19(24)15-6-4-8-17(12-15)22(25)26/h4-9,12-13H,10-11H2,1H3,(H,20,24)(H,21,23). The summed E-state index contributed by atoms with van der Waals surface area (Å²) < 4.78 is 5.45. The molecule has 0 aromatic heterocycles. The van der Waals surface area contributed by atoms with E-state index in [0.29, 0.717) is 11.4 Å². The van der Waals surface area contributed by atoms with Crippen molar-refractivity contribution >= 4 is 23.2 Å². The van der Waals surface area contributed by atoms with Crippen LogP contribution >= 0.6 is 0 Å². The van der Waals surface area contributed by atoms with Crippen molar-refractivity contribution in [2.75, 3.05) is 18.5 Å². The fourth-order valence-corrected chi connectivity index (χ4v) is 2.09. The van der Waals surface area contributed by atoms with Gasteiger partial charge in [-0.2, -0.15) is 0 Å². The number of hydrogen-bond donors (Lipinski definition) is 2. The van der Waals surface area contributed by atoms with Crippen molar-refractivity contribution in [3.05, 3.63) is 64.2 Å². The number of carbonyl (C=O) groups excluding carboxylic acids is 2. The number of carbonyl (C=O) groups is 2. The van der Waals surface area contributed by atoms with E-state index in [0.717, 1.165) is 0 Å². The fourth-order valence-electron chi connectivity index (χ4n) is 2.09. The number of amides is 2. The quantitative estimate of drug-likeness (QED) is 0.463. The SMILES string of the molecule is CC(=O)Nc1cccc(OCC#CCNC(=O)c2cccc([N+](=O)[O-])c2)c1. The molecule has 27 heavy (non-hydrogen) atoms. The van der Waals surface area contributed by atoms with E-state index in [1.165, 1.54) is 31.2 Å². The van der Waals surface area contributed by atoms with Crippen molar-refractivity contribution in [2.45, 2.75) is 6.92 Å². The van der Waals surface area contributed by atoms with E-state index in [1.54, 1.807) is 24.3 Å². The number of nitro groups is 1. The maximum Gasteiger partial charge on any atom is 0.270 e. The lowest BCUT2D eigenvalue weighted by atomic mass is 10.2. The summed E-state index contributed by atoms with van der Waals surface area (Å²) in [6.45, 7) is 1.61. The van der Waals surface area contributed by atoms with Gasteiger partial charge in [0, 0.05) is 36.4 Å². The van der Waals surface area contributed by atoms with Crippen molar-refractivity contribution in [2.24, 2.45) is 0 Å². The lowest BCUT2D eigenvalue weighted by Crippen LogP contribution is -2.23. The number of rotatable bonds is 6. The van der Waals surface area contributed by atoms with Gasteiger partial charge in [-0.05, 0) is 18.2 Å². The number of ether oxygens (including phenoxy) is 1. The van der Waals surface area contributed by atoms with Crippen molar-refractivity contribution in [1.29, 1.82) is 0 Å². The molecule has 0 bridgehead atoms. The minimum Gasteiger partial charge on any atom is -0.481 e. The van der Waals surface area contributed by atoms with E-state index in [2.05, 4.69) is 22.5 Å². The molecular weight excluding hydrogens is 350 g/mol. The van der Waals surface area contributed by atoms with Crippen LogP contribution in [-0.4, -0.2) is 29.9 Å². The Bertz CT molecular complexity index is 915. The summed E-state index contributed by atoms with van der Waals surface area (Å²) in [6.07, 6.45) is 0. The zero-order chi connectivity index (χ0) is 19.6. The molecule has 0 saturated carbocycles. The molecule has 2 amide bonds. The highest BCUT2D eigenvalue weighted by atomic mass is 16.6. The number of nitrogens with one attached hydrogen (secondary N) is 2. The Hall–Kier alpha value is -3.86. The van der Waals surface area contributed by atoms with Gasteiger partial charge in [-0.1, -0.05) is 24.0 Å². The van der Waals surface area contributed by atoms with Crippen LogP contribution in [0.25, 0.3) is 0 Å². The Morgan fingerprint density at radius 1 is 1.15 bits per heavy atom. The van der Waals surface area contributed by atoms with Gasteiger partial charge in [0.05, 0.1) is 11.5 Å². The topological polar surface area (TPSA) is 111 Å². The van der Waals surface area contributed by atoms with Gasteiger partial charge < -0.3 is 15.4 Å². The second-order valence-electron chi connectivity index (χ2n) is 5.34. The fraction of sp³-hybridized carbons (Fsp3) is 0.158. The lowest BCUT2D eigenvalue weighted by Gasteiger charge is -2.05. The van der Waals surface area contributed by atoms with Crippen molar-refractivity contribution < 1.29 is 19.2 Å². The first-order valence-electron chi connectivity index (χ1n) is 7.94. The molecule has 8 heteroatoms. The van der Waals surface area contributed by atoms with Crippen molar-refractivity contribution in [3.63, 3.8) is 0 Å². The summed E-state index contributed by atoms with van der Waals surface area (Å²) in [5.41, 5.74) is 0.665. The zero-order valence-electron chi connectivity index (χ0n) is 14.5. The Morgan fingerprint density at radius 2 is 1.93 bits per heavy atom. The van der Waals surface area contributed by atoms with E-state index in [9.17, 15) is 19.7 Å². The Balaban J connectivity index is 1.79. The molecule has 0 aliphatic rings. The van der Waals surface area contributed by atoms with Crippen LogP contribution in [-0.2, 0) is 4.79 Å². The van der Waals surface area contributed by atoms with Crippen LogP contribution in [0.15, 0.2) is 48.5 Å². The van der Waals surface area contributed by atoms with Crippen LogP contribution in [0, 0.1) is 22.0 Å². The van der Waals surface area contributed by atoms with Gasteiger partial charge in [0.2, 0.25) is 5.91 Å². The molecule has 0 spiro atoms. The van der Waals surface area contributed by atoms with Crippen LogP contribution < -0.4 is 15.4 Å². The second kappa shape index (κ2) is 9.58. The van der Waals surface area contributed by atoms with Gasteiger partial charge in [0.15, 0.2) is 0 Å². The summed E-state index contributed by atoms with van der Waals surface area (Å²) in [5, 5.41) is 15.9. The Kier molecular flexibility index (Phi) is 6.91. The maximum absolute atomic E-state index is 11.9. The van der Waals surface area contributed by atoms with E-state index in [1.807, 2.05) is 0 Å². The third kappa shape index (κ3) is 6.51. The highest BCUT2D eigenvalue weighted by Crippen LogP contribution is 2.17. The predicted molar refractivity (Wildman–Crippen MR) is 99.4 cm³/mol. The minimum absolute atomic E-state index is 0.0802. The number of nitrogens with zero attached hydrogens (tertiary/aromatic N) is 1. The monoisotopic (exact) mass is 367 g/mol. The van der Waals surface area contributed by atoms with Gasteiger partial charge in [0.1, 0.15) is 12.4 Å². The minimum atomic E-state index is -0.561. The molecular formula is C19H17N3O5. The molecule has 2 N–H and O–H groups in total. The first kappa shape index (κ1) is 19.5. The van der Waals surface area contributed by atoms with Crippen LogP contribution in [0.2, 0.25) is 0 Å². The van der Waals surface area contributed by atoms with Gasteiger partial charge >= 0.3 is 0 Å². The summed E-state index contributed by atoms with van der Waals surface area (Å²) in [5.74, 6) is 5.41. The molecule has 0 radical (unpaired) electrons. The first-order valence-corrected chi connectivity index (χ1v) is 7.94. The highest BCUT2D eigenvalue weighted by molar-refractivity contribution is 5.94. The Morgan fingerprint density at radius 3 is 2.67 bits per heavy atom. The number of anilines is 1. The maximum atomic E-state index is 11.9. The average Bonchev–Trinajstić information content (AvgIpc) is 2.64. The van der Waals surface area contributed by atoms with Crippen molar-refractivity contribution in [1.82, 2.24) is 5.32 Å². The third-order valence-corrected chi connectivity index (χ3v) is 3.25. The Labute approximate surface area is 155 Å². The average molecular weight is 367 g/mol. The largest absolute Gasteiger partial charge is 0.481 e. The molecule has 0 aliphatic carbocycles. The zero-order valence-corrected chi connectivity index (χ0v) is 14.5. The molecule has 2 aromatic rings. The molecule has 0 fully saturated rings. The number of hydrogen-bond acceptors (Lipinski definition) is 5. The van der Waals surface area contributed by atoms with E-state index in [-0.39, 0.29) is 30.3 Å². The summed E-state index contributed by atoms with van der Waals surface area (Å²) >= 11 is 0. The molecule has 2 rings (SSSR count). The molecule has 8 nitrogen and oxygen atoms in total. The van der Waals surface area contributed by atoms with E-state index < -0.39 is 10.8 Å². The number of non-ortho nitro benzene ring substituents is 1. The first-order chi connectivity index (χ1) is 13.0. The van der Waals surface area contributed by atoms with Gasteiger partial charge in [-0.15, -0.1) is 0 Å². The van der Waals surface area contributed by atoms with Gasteiger partial charge in [-0.25, -0.2) is 0 Å². The van der Waals surface area contributed by atoms with Gasteiger partial charge in [0.25, 0.3) is 11.6 Å². The van der Waals surface area contributed by atoms with E-state index in [4.69, 9.17) is 4.74 Å². The molecule has 0 aliphatic heterocycles. The lowest BCUT2D eigenvalue weighted by molar-refractivity contribution is -0.384. The number of benzene rings is 2. The van der Waals surface area contributed by atoms with E-state index >= 15 is 0 Å². The highest BCUT2D eigenvalue weighted by Gasteiger charge is 2.10. The predicted octanol–water partition coefficient (Wildman–Crippen LogP) is 2.37. The molecule has 2 aromatic carbocycles. The third-order valence-electron chi connectivity index (χ3n) is 3.25. The molecule has 0 saturated heterocycles. The summed E-state index contributed by atoms with van der Waals surface area (Å²) in [6, 6.07) is 12.3. The molecule has 0 unspecified atom stereocenters. The van der Waals surface area contributed by atoms with Crippen LogP contribution in [0.5, 0.6) is 5.75 Å². The molecule has 138 valence electrons. The summed E-state index contributed by atoms with van der Waals surface area (Å²) in [7, 11) is 0. The normalized spacial score (nSPS) is 9.52. The molecule has 0 atom stereocenters. The van der Waals surface area contributed by atoms with Crippen LogP contribution in [0.1, 0.15) is 17.3 Å².